The van der Waals surface area contributed by atoms with Gasteiger partial charge in [0.25, 0.3) is 0 Å². The van der Waals surface area contributed by atoms with Crippen molar-refractivity contribution >= 4 is 131 Å². The van der Waals surface area contributed by atoms with E-state index in [0.29, 0.717) is 0 Å². The van der Waals surface area contributed by atoms with Crippen molar-refractivity contribution in [3.05, 3.63) is 291 Å². The van der Waals surface area contributed by atoms with Crippen molar-refractivity contribution in [1.29, 1.82) is 0 Å². The van der Waals surface area contributed by atoms with Crippen LogP contribution in [0.15, 0.2) is 291 Å². The number of nitrogens with zero attached hydrogens (tertiary/aromatic N) is 8. The molecule has 0 fully saturated rings. The van der Waals surface area contributed by atoms with Crippen LogP contribution in [-0.4, -0.2) is 38.2 Å². The van der Waals surface area contributed by atoms with Crippen molar-refractivity contribution in [2.45, 2.75) is 0 Å². The average molecular weight is 1070 g/mol. The molecule has 0 aliphatic rings. The van der Waals surface area contributed by atoms with E-state index in [4.69, 9.17) is 19.9 Å². The van der Waals surface area contributed by atoms with E-state index >= 15 is 0 Å². The van der Waals surface area contributed by atoms with Gasteiger partial charge in [0.05, 0.1) is 66.2 Å². The van der Waals surface area contributed by atoms with Crippen LogP contribution < -0.4 is 0 Å². The molecule has 16 bridgehead atoms. The number of rotatable bonds is 4. The zero-order valence-electron chi connectivity index (χ0n) is 45.3. The standard InChI is InChI=1S/C76H48N8/c1-5-17-53(18-6-1)81-57-33-37-61-49(45-57)29-41-65-73(61)79-74-63-39-35-59(47-51(63)31-43-66(74)77-65)83(55-21-9-3-10-22-55)71-27-15-16-28-72(71)84(56-23-11-4-12-24-56)60-36-40-64-52(48-60)32-44-68-76(64)80-75-62-38-34-58(46-50(62)30-42-67(75)78-68)82(54-19-7-2-8-20-54)70-26-14-13-25-69(70)81/h1-48H. The van der Waals surface area contributed by atoms with Gasteiger partial charge in [-0.25, -0.2) is 19.9 Å². The highest BCUT2D eigenvalue weighted by molar-refractivity contribution is 6.14. The van der Waals surface area contributed by atoms with E-state index in [1.165, 1.54) is 0 Å². The summed E-state index contributed by atoms with van der Waals surface area (Å²) in [7, 11) is 0. The van der Waals surface area contributed by atoms with Crippen molar-refractivity contribution in [3.8, 4) is 22.7 Å². The highest BCUT2D eigenvalue weighted by Gasteiger charge is 2.16. The minimum Gasteiger partial charge on any atom is -0.308 e. The van der Waals surface area contributed by atoms with Gasteiger partial charge in [0.2, 0.25) is 0 Å². The van der Waals surface area contributed by atoms with E-state index in [1.807, 2.05) is 0 Å². The summed E-state index contributed by atoms with van der Waals surface area (Å²) in [6.45, 7) is 0. The Balaban J connectivity index is 1.05. The first-order valence-electron chi connectivity index (χ1n) is 28.4. The quantitative estimate of drug-likeness (QED) is 0.130. The topological polar surface area (TPSA) is 71.3 Å². The molecule has 0 unspecified atom stereocenters. The third kappa shape index (κ3) is 7.69. The SMILES string of the molecule is c1ccc(-n2c3ccc4c(ccc5nc6ccc7cc(ccc7c6nc54)n(-c4ccccc4)c4ccccc4n(-c4ccccc4)c4ccc5c(ccc6nc7ccc8cc(ccc8c7nc65)n(-c5ccccc5)c5ccccc52)c4)c3)cc1. The fourth-order valence-electron chi connectivity index (χ4n) is 12.7. The van der Waals surface area contributed by atoms with Gasteiger partial charge >= 0.3 is 0 Å². The van der Waals surface area contributed by atoms with Crippen LogP contribution in [0.3, 0.4) is 0 Å². The number of benzene rings is 14. The molecule has 26 aromatic rings. The lowest BCUT2D eigenvalue weighted by molar-refractivity contribution is 1.12. The summed E-state index contributed by atoms with van der Waals surface area (Å²) in [5.74, 6) is 0. The lowest BCUT2D eigenvalue weighted by Gasteiger charge is -2.17. The molecule has 0 aliphatic carbocycles. The second-order valence-corrected chi connectivity index (χ2v) is 21.5. The Labute approximate surface area is 480 Å². The second-order valence-electron chi connectivity index (χ2n) is 21.5. The maximum absolute atomic E-state index is 5.57. The Morgan fingerprint density at radius 2 is 0.417 bits per heavy atom. The lowest BCUT2D eigenvalue weighted by Crippen LogP contribution is -2.02. The molecule has 392 valence electrons. The van der Waals surface area contributed by atoms with Gasteiger partial charge < -0.3 is 18.3 Å². The third-order valence-electron chi connectivity index (χ3n) is 16.6. The van der Waals surface area contributed by atoms with Gasteiger partial charge in [0.1, 0.15) is 0 Å². The molecule has 12 heterocycles. The fourth-order valence-corrected chi connectivity index (χ4v) is 12.7. The van der Waals surface area contributed by atoms with Crippen LogP contribution in [0.2, 0.25) is 0 Å². The van der Waals surface area contributed by atoms with Gasteiger partial charge in [0, 0.05) is 66.4 Å². The predicted octanol–water partition coefficient (Wildman–Crippen LogP) is 19.1. The minimum absolute atomic E-state index is 0.846. The predicted molar refractivity (Wildman–Crippen MR) is 349 cm³/mol. The molecule has 8 nitrogen and oxygen atoms in total. The lowest BCUT2D eigenvalue weighted by atomic mass is 10.0. The molecule has 0 saturated carbocycles. The molecule has 26 rings (SSSR count). The maximum atomic E-state index is 5.57. The Kier molecular flexibility index (Phi) is 10.8. The van der Waals surface area contributed by atoms with E-state index in [0.717, 1.165) is 154 Å². The number of hydrogen-bond donors (Lipinski definition) is 0. The van der Waals surface area contributed by atoms with Crippen LogP contribution >= 0.6 is 0 Å². The molecule has 0 amide bonds. The normalized spacial score (nSPS) is 11.8. The van der Waals surface area contributed by atoms with Crippen LogP contribution in [0, 0.1) is 0 Å². The molecule has 0 spiro atoms. The first-order valence-corrected chi connectivity index (χ1v) is 28.4. The molecule has 8 heteroatoms. The number of aromatic nitrogens is 8. The van der Waals surface area contributed by atoms with E-state index in [1.54, 1.807) is 0 Å². The summed E-state index contributed by atoms with van der Waals surface area (Å²) in [4.78, 5) is 21.8. The van der Waals surface area contributed by atoms with Crippen molar-refractivity contribution < 1.29 is 0 Å². The zero-order valence-corrected chi connectivity index (χ0v) is 45.3. The van der Waals surface area contributed by atoms with Gasteiger partial charge in [-0.05, 0) is 167 Å². The molecule has 0 atom stereocenters. The average Bonchev–Trinajstić information content (AvgIpc) is 3.65. The fraction of sp³-hybridized carbons (Fsp3) is 0. The largest absolute Gasteiger partial charge is 0.308 e. The van der Waals surface area contributed by atoms with E-state index < -0.39 is 0 Å². The van der Waals surface area contributed by atoms with Crippen molar-refractivity contribution in [2.24, 2.45) is 0 Å². The smallest absolute Gasteiger partial charge is 0.0973 e. The van der Waals surface area contributed by atoms with Crippen molar-refractivity contribution in [1.82, 2.24) is 38.2 Å². The first-order chi connectivity index (χ1) is 41.6. The van der Waals surface area contributed by atoms with E-state index in [-0.39, 0.29) is 0 Å². The van der Waals surface area contributed by atoms with Crippen LogP contribution in [0.5, 0.6) is 0 Å². The Hall–Kier alpha value is -11.5. The summed E-state index contributed by atoms with van der Waals surface area (Å²) in [5.41, 5.74) is 19.0. The third-order valence-corrected chi connectivity index (χ3v) is 16.6. The molecule has 0 N–H and O–H groups in total. The number of para-hydroxylation sites is 8. The van der Waals surface area contributed by atoms with E-state index in [2.05, 4.69) is 309 Å². The van der Waals surface area contributed by atoms with Crippen LogP contribution in [0.4, 0.5) is 0 Å². The van der Waals surface area contributed by atoms with Gasteiger partial charge in [-0.2, -0.15) is 0 Å². The zero-order chi connectivity index (χ0) is 55.2. The molecule has 84 heavy (non-hydrogen) atoms. The monoisotopic (exact) mass is 1070 g/mol. The van der Waals surface area contributed by atoms with E-state index in [9.17, 15) is 0 Å². The Morgan fingerprint density at radius 1 is 0.190 bits per heavy atom. The summed E-state index contributed by atoms with van der Waals surface area (Å²) in [6, 6.07) is 104. The van der Waals surface area contributed by atoms with Gasteiger partial charge in [-0.15, -0.1) is 0 Å². The Bertz CT molecular complexity index is 5020. The number of hydrogen-bond acceptors (Lipinski definition) is 4. The highest BCUT2D eigenvalue weighted by Crippen LogP contribution is 2.36. The first kappa shape index (κ1) is 47.3. The van der Waals surface area contributed by atoms with Crippen LogP contribution in [0.1, 0.15) is 0 Å². The molecule has 12 aromatic heterocycles. The molecule has 0 radical (unpaired) electrons. The molecular weight excluding hydrogens is 1020 g/mol. The Morgan fingerprint density at radius 3 is 0.655 bits per heavy atom. The van der Waals surface area contributed by atoms with Crippen LogP contribution in [0.25, 0.3) is 154 Å². The van der Waals surface area contributed by atoms with Gasteiger partial charge in [-0.1, -0.05) is 146 Å². The van der Waals surface area contributed by atoms with Crippen LogP contribution in [-0.2, 0) is 0 Å². The maximum Gasteiger partial charge on any atom is 0.0973 e. The summed E-state index contributed by atoms with van der Waals surface area (Å²) in [6.07, 6.45) is 0. The summed E-state index contributed by atoms with van der Waals surface area (Å²) in [5, 5.41) is 8.36. The summed E-state index contributed by atoms with van der Waals surface area (Å²) >= 11 is 0. The van der Waals surface area contributed by atoms with Gasteiger partial charge in [-0.3, -0.25) is 0 Å². The molecular formula is C76H48N8. The molecule has 0 saturated heterocycles. The molecule has 14 aromatic carbocycles. The second kappa shape index (κ2) is 19.1. The van der Waals surface area contributed by atoms with Crippen molar-refractivity contribution in [2.75, 3.05) is 0 Å². The summed E-state index contributed by atoms with van der Waals surface area (Å²) < 4.78 is 9.46. The van der Waals surface area contributed by atoms with Gasteiger partial charge in [0.15, 0.2) is 0 Å². The highest BCUT2D eigenvalue weighted by atomic mass is 15.0. The minimum atomic E-state index is 0.846. The molecule has 0 aliphatic heterocycles. The van der Waals surface area contributed by atoms with Crippen molar-refractivity contribution in [3.63, 3.8) is 0 Å².